The standard InChI is InChI=1S/C12H12ClIN2O/c13-9-6-8(3-4-10(9)14)11-7-16-12(17-11)2-1-5-15/h3-4,6-7H,1-2,5,15H2. The van der Waals surface area contributed by atoms with E-state index in [9.17, 15) is 0 Å². The third-order valence-electron chi connectivity index (χ3n) is 2.35. The van der Waals surface area contributed by atoms with Gasteiger partial charge in [0, 0.05) is 15.6 Å². The summed E-state index contributed by atoms with van der Waals surface area (Å²) >= 11 is 8.26. The topological polar surface area (TPSA) is 52.0 Å². The fraction of sp³-hybridized carbons (Fsp3) is 0.250. The molecule has 17 heavy (non-hydrogen) atoms. The first-order chi connectivity index (χ1) is 8.20. The molecular formula is C12H12ClIN2O. The van der Waals surface area contributed by atoms with E-state index >= 15 is 0 Å². The highest BCUT2D eigenvalue weighted by Gasteiger charge is 2.07. The van der Waals surface area contributed by atoms with E-state index in [1.807, 2.05) is 18.2 Å². The summed E-state index contributed by atoms with van der Waals surface area (Å²) in [7, 11) is 0. The summed E-state index contributed by atoms with van der Waals surface area (Å²) in [6.07, 6.45) is 3.38. The van der Waals surface area contributed by atoms with Gasteiger partial charge in [-0.15, -0.1) is 0 Å². The molecule has 0 unspecified atom stereocenters. The molecule has 3 nitrogen and oxygen atoms in total. The number of oxazole rings is 1. The van der Waals surface area contributed by atoms with Crippen LogP contribution in [0.4, 0.5) is 0 Å². The number of nitrogens with zero attached hydrogens (tertiary/aromatic N) is 1. The summed E-state index contributed by atoms with van der Waals surface area (Å²) < 4.78 is 6.66. The summed E-state index contributed by atoms with van der Waals surface area (Å²) in [6, 6.07) is 5.82. The molecule has 1 aromatic heterocycles. The molecule has 1 heterocycles. The second-order valence-electron chi connectivity index (χ2n) is 3.64. The first-order valence-electron chi connectivity index (χ1n) is 5.31. The van der Waals surface area contributed by atoms with Gasteiger partial charge in [0.1, 0.15) is 0 Å². The third-order valence-corrected chi connectivity index (χ3v) is 3.92. The number of aryl methyl sites for hydroxylation is 1. The Hall–Kier alpha value is -0.590. The van der Waals surface area contributed by atoms with Crippen molar-refractivity contribution in [3.63, 3.8) is 0 Å². The molecule has 0 atom stereocenters. The van der Waals surface area contributed by atoms with E-state index in [1.54, 1.807) is 6.20 Å². The zero-order valence-corrected chi connectivity index (χ0v) is 12.0. The number of hydrogen-bond donors (Lipinski definition) is 1. The number of aromatic nitrogens is 1. The fourth-order valence-corrected chi connectivity index (χ4v) is 1.98. The molecule has 0 aliphatic rings. The van der Waals surface area contributed by atoms with Gasteiger partial charge < -0.3 is 10.2 Å². The zero-order valence-electron chi connectivity index (χ0n) is 9.12. The van der Waals surface area contributed by atoms with Crippen LogP contribution in [0.3, 0.4) is 0 Å². The number of nitrogens with two attached hydrogens (primary N) is 1. The van der Waals surface area contributed by atoms with Crippen LogP contribution >= 0.6 is 34.2 Å². The summed E-state index contributed by atoms with van der Waals surface area (Å²) in [5.41, 5.74) is 6.39. The largest absolute Gasteiger partial charge is 0.441 e. The van der Waals surface area contributed by atoms with Crippen molar-refractivity contribution in [2.24, 2.45) is 5.73 Å². The Morgan fingerprint density at radius 2 is 2.24 bits per heavy atom. The maximum absolute atomic E-state index is 6.07. The van der Waals surface area contributed by atoms with E-state index in [4.69, 9.17) is 21.8 Å². The Balaban J connectivity index is 2.21. The van der Waals surface area contributed by atoms with Crippen LogP contribution in [0.15, 0.2) is 28.8 Å². The smallest absolute Gasteiger partial charge is 0.194 e. The van der Waals surface area contributed by atoms with Crippen LogP contribution in [0.5, 0.6) is 0 Å². The number of rotatable bonds is 4. The highest BCUT2D eigenvalue weighted by atomic mass is 127. The Labute approximate surface area is 119 Å². The van der Waals surface area contributed by atoms with Gasteiger partial charge in [-0.1, -0.05) is 17.7 Å². The van der Waals surface area contributed by atoms with Crippen molar-refractivity contribution in [2.45, 2.75) is 12.8 Å². The number of benzene rings is 1. The van der Waals surface area contributed by atoms with E-state index in [0.717, 1.165) is 38.6 Å². The lowest BCUT2D eigenvalue weighted by Gasteiger charge is -1.99. The van der Waals surface area contributed by atoms with Crippen molar-refractivity contribution >= 4 is 34.2 Å². The SMILES string of the molecule is NCCCc1ncc(-c2ccc(I)c(Cl)c2)o1. The Morgan fingerprint density at radius 3 is 2.94 bits per heavy atom. The molecule has 0 amide bonds. The summed E-state index contributed by atoms with van der Waals surface area (Å²) in [5.74, 6) is 1.47. The lowest BCUT2D eigenvalue weighted by Crippen LogP contribution is -2.00. The van der Waals surface area contributed by atoms with Gasteiger partial charge in [0.05, 0.1) is 11.2 Å². The zero-order chi connectivity index (χ0) is 12.3. The molecule has 0 saturated heterocycles. The third kappa shape index (κ3) is 3.20. The van der Waals surface area contributed by atoms with Crippen LogP contribution in [0.2, 0.25) is 5.02 Å². The minimum Gasteiger partial charge on any atom is -0.441 e. The Kier molecular flexibility index (Phi) is 4.42. The Morgan fingerprint density at radius 1 is 1.41 bits per heavy atom. The minimum atomic E-state index is 0.646. The molecule has 0 saturated carbocycles. The van der Waals surface area contributed by atoms with Crippen molar-refractivity contribution in [3.8, 4) is 11.3 Å². The van der Waals surface area contributed by atoms with Crippen molar-refractivity contribution in [1.29, 1.82) is 0 Å². The predicted molar refractivity (Wildman–Crippen MR) is 77.0 cm³/mol. The van der Waals surface area contributed by atoms with Crippen LogP contribution in [0.1, 0.15) is 12.3 Å². The summed E-state index contributed by atoms with van der Waals surface area (Å²) in [6.45, 7) is 0.646. The van der Waals surface area contributed by atoms with Gasteiger partial charge in [0.15, 0.2) is 11.7 Å². The Bertz CT molecular complexity index is 513. The molecule has 0 aliphatic carbocycles. The van der Waals surface area contributed by atoms with E-state index in [1.165, 1.54) is 0 Å². The fourth-order valence-electron chi connectivity index (χ4n) is 1.46. The monoisotopic (exact) mass is 362 g/mol. The van der Waals surface area contributed by atoms with Crippen LogP contribution in [0.25, 0.3) is 11.3 Å². The minimum absolute atomic E-state index is 0.646. The molecular weight excluding hydrogens is 351 g/mol. The van der Waals surface area contributed by atoms with Gasteiger partial charge in [-0.2, -0.15) is 0 Å². The molecule has 5 heteroatoms. The summed E-state index contributed by atoms with van der Waals surface area (Å²) in [4.78, 5) is 4.21. The highest BCUT2D eigenvalue weighted by molar-refractivity contribution is 14.1. The van der Waals surface area contributed by atoms with Crippen molar-refractivity contribution in [1.82, 2.24) is 4.98 Å². The van der Waals surface area contributed by atoms with Gasteiger partial charge in [0.25, 0.3) is 0 Å². The van der Waals surface area contributed by atoms with Crippen molar-refractivity contribution in [3.05, 3.63) is 38.9 Å². The van der Waals surface area contributed by atoms with Crippen LogP contribution < -0.4 is 5.73 Å². The molecule has 0 bridgehead atoms. The molecule has 2 rings (SSSR count). The normalized spacial score (nSPS) is 10.8. The molecule has 1 aromatic carbocycles. The lowest BCUT2D eigenvalue weighted by molar-refractivity contribution is 0.499. The van der Waals surface area contributed by atoms with E-state index in [0.29, 0.717) is 6.54 Å². The van der Waals surface area contributed by atoms with Crippen molar-refractivity contribution in [2.75, 3.05) is 6.54 Å². The average molecular weight is 363 g/mol. The highest BCUT2D eigenvalue weighted by Crippen LogP contribution is 2.27. The van der Waals surface area contributed by atoms with E-state index < -0.39 is 0 Å². The van der Waals surface area contributed by atoms with Gasteiger partial charge >= 0.3 is 0 Å². The van der Waals surface area contributed by atoms with E-state index in [2.05, 4.69) is 27.6 Å². The van der Waals surface area contributed by atoms with Crippen LogP contribution in [0, 0.1) is 3.57 Å². The number of hydrogen-bond acceptors (Lipinski definition) is 3. The first kappa shape index (κ1) is 12.9. The maximum Gasteiger partial charge on any atom is 0.194 e. The molecule has 0 spiro atoms. The maximum atomic E-state index is 6.07. The second kappa shape index (κ2) is 5.84. The van der Waals surface area contributed by atoms with Gasteiger partial charge in [-0.3, -0.25) is 0 Å². The van der Waals surface area contributed by atoms with Crippen molar-refractivity contribution < 1.29 is 4.42 Å². The summed E-state index contributed by atoms with van der Waals surface area (Å²) in [5, 5.41) is 0.725. The molecule has 0 fully saturated rings. The van der Waals surface area contributed by atoms with Gasteiger partial charge in [-0.05, 0) is 47.7 Å². The first-order valence-corrected chi connectivity index (χ1v) is 6.76. The molecule has 90 valence electrons. The van der Waals surface area contributed by atoms with Crippen LogP contribution in [-0.4, -0.2) is 11.5 Å². The lowest BCUT2D eigenvalue weighted by atomic mass is 10.2. The molecule has 0 radical (unpaired) electrons. The average Bonchev–Trinajstić information content (AvgIpc) is 2.79. The van der Waals surface area contributed by atoms with Gasteiger partial charge in [-0.25, -0.2) is 4.98 Å². The molecule has 2 aromatic rings. The van der Waals surface area contributed by atoms with Crippen LogP contribution in [-0.2, 0) is 6.42 Å². The van der Waals surface area contributed by atoms with Gasteiger partial charge in [0.2, 0.25) is 0 Å². The quantitative estimate of drug-likeness (QED) is 0.847. The molecule has 0 aliphatic heterocycles. The molecule has 2 N–H and O–H groups in total. The van der Waals surface area contributed by atoms with E-state index in [-0.39, 0.29) is 0 Å². The number of halogens is 2. The second-order valence-corrected chi connectivity index (χ2v) is 5.21. The predicted octanol–water partition coefficient (Wildman–Crippen LogP) is 3.49.